The molecule has 2 rings (SSSR count). The third kappa shape index (κ3) is 2.28. The highest BCUT2D eigenvalue weighted by Crippen LogP contribution is 2.22. The number of benzene rings is 1. The van der Waals surface area contributed by atoms with Gasteiger partial charge in [0.1, 0.15) is 6.10 Å². The highest BCUT2D eigenvalue weighted by Gasteiger charge is 2.12. The van der Waals surface area contributed by atoms with Gasteiger partial charge in [0.2, 0.25) is 0 Å². The van der Waals surface area contributed by atoms with E-state index >= 15 is 0 Å². The summed E-state index contributed by atoms with van der Waals surface area (Å²) in [7, 11) is 1.84. The maximum absolute atomic E-state index is 10.1. The van der Waals surface area contributed by atoms with Crippen molar-refractivity contribution in [3.63, 3.8) is 0 Å². The first-order chi connectivity index (χ1) is 7.70. The lowest BCUT2D eigenvalue weighted by molar-refractivity contribution is 0.214. The van der Waals surface area contributed by atoms with E-state index in [9.17, 15) is 5.11 Å². The van der Waals surface area contributed by atoms with Crippen LogP contribution in [0.4, 0.5) is 0 Å². The van der Waals surface area contributed by atoms with Crippen molar-refractivity contribution in [2.75, 3.05) is 6.26 Å². The van der Waals surface area contributed by atoms with Crippen molar-refractivity contribution in [1.29, 1.82) is 0 Å². The molecule has 0 amide bonds. The second kappa shape index (κ2) is 4.72. The zero-order chi connectivity index (χ0) is 11.5. The van der Waals surface area contributed by atoms with Crippen LogP contribution in [0.1, 0.15) is 17.4 Å². The second-order valence-electron chi connectivity index (χ2n) is 3.59. The SMILES string of the molecule is CSc1ccc(C(O)c2ccn(C)n2)cc1. The molecule has 0 aliphatic rings. The van der Waals surface area contributed by atoms with Crippen LogP contribution in [0.5, 0.6) is 0 Å². The van der Waals surface area contributed by atoms with Gasteiger partial charge in [-0.15, -0.1) is 11.8 Å². The molecule has 0 saturated heterocycles. The van der Waals surface area contributed by atoms with Crippen LogP contribution in [0.3, 0.4) is 0 Å². The van der Waals surface area contributed by atoms with E-state index in [1.807, 2.05) is 49.8 Å². The van der Waals surface area contributed by atoms with Gasteiger partial charge in [-0.25, -0.2) is 0 Å². The third-order valence-corrected chi connectivity index (χ3v) is 3.19. The Hall–Kier alpha value is -1.26. The summed E-state index contributed by atoms with van der Waals surface area (Å²) in [5, 5.41) is 14.3. The summed E-state index contributed by atoms with van der Waals surface area (Å²) in [4.78, 5) is 1.19. The van der Waals surface area contributed by atoms with Crippen LogP contribution in [-0.2, 0) is 7.05 Å². The van der Waals surface area contributed by atoms with E-state index in [4.69, 9.17) is 0 Å². The second-order valence-corrected chi connectivity index (χ2v) is 4.47. The lowest BCUT2D eigenvalue weighted by atomic mass is 10.1. The van der Waals surface area contributed by atoms with Gasteiger partial charge in [0.05, 0.1) is 5.69 Å². The molecule has 0 spiro atoms. The van der Waals surface area contributed by atoms with Gasteiger partial charge < -0.3 is 5.11 Å². The van der Waals surface area contributed by atoms with Crippen molar-refractivity contribution in [3.8, 4) is 0 Å². The van der Waals surface area contributed by atoms with Crippen LogP contribution in [0.25, 0.3) is 0 Å². The van der Waals surface area contributed by atoms with Crippen molar-refractivity contribution in [1.82, 2.24) is 9.78 Å². The Morgan fingerprint density at radius 3 is 2.44 bits per heavy atom. The first kappa shape index (κ1) is 11.2. The highest BCUT2D eigenvalue weighted by molar-refractivity contribution is 7.98. The van der Waals surface area contributed by atoms with Gasteiger partial charge in [0.15, 0.2) is 0 Å². The van der Waals surface area contributed by atoms with Gasteiger partial charge >= 0.3 is 0 Å². The Labute approximate surface area is 99.1 Å². The Balaban J connectivity index is 2.23. The van der Waals surface area contributed by atoms with Gasteiger partial charge in [0.25, 0.3) is 0 Å². The van der Waals surface area contributed by atoms with Gasteiger partial charge in [0, 0.05) is 18.1 Å². The van der Waals surface area contributed by atoms with Gasteiger partial charge in [-0.3, -0.25) is 4.68 Å². The van der Waals surface area contributed by atoms with Gasteiger partial charge in [-0.2, -0.15) is 5.10 Å². The number of nitrogens with zero attached hydrogens (tertiary/aromatic N) is 2. The summed E-state index contributed by atoms with van der Waals surface area (Å²) in [5.74, 6) is 0. The molecule has 3 nitrogen and oxygen atoms in total. The molecule has 84 valence electrons. The predicted molar refractivity (Wildman–Crippen MR) is 65.5 cm³/mol. The van der Waals surface area contributed by atoms with Crippen molar-refractivity contribution in [2.24, 2.45) is 7.05 Å². The average molecular weight is 234 g/mol. The lowest BCUT2D eigenvalue weighted by Gasteiger charge is -2.08. The van der Waals surface area contributed by atoms with Crippen LogP contribution in [-0.4, -0.2) is 21.1 Å². The zero-order valence-electron chi connectivity index (χ0n) is 9.29. The highest BCUT2D eigenvalue weighted by atomic mass is 32.2. The topological polar surface area (TPSA) is 38.0 Å². The number of aryl methyl sites for hydroxylation is 1. The van der Waals surface area contributed by atoms with Crippen LogP contribution in [0.2, 0.25) is 0 Å². The summed E-state index contributed by atoms with van der Waals surface area (Å²) in [6.45, 7) is 0. The summed E-state index contributed by atoms with van der Waals surface area (Å²) in [6, 6.07) is 9.71. The van der Waals surface area contributed by atoms with E-state index in [2.05, 4.69) is 5.10 Å². The van der Waals surface area contributed by atoms with E-state index in [0.717, 1.165) is 5.56 Å². The normalized spacial score (nSPS) is 12.7. The van der Waals surface area contributed by atoms with Crippen LogP contribution in [0.15, 0.2) is 41.4 Å². The van der Waals surface area contributed by atoms with Crippen molar-refractivity contribution >= 4 is 11.8 Å². The molecule has 1 heterocycles. The minimum absolute atomic E-state index is 0.642. The summed E-state index contributed by atoms with van der Waals surface area (Å²) in [6.07, 6.45) is 3.22. The number of thioether (sulfide) groups is 1. The van der Waals surface area contributed by atoms with Crippen LogP contribution >= 0.6 is 11.8 Å². The zero-order valence-corrected chi connectivity index (χ0v) is 10.1. The summed E-state index contributed by atoms with van der Waals surface area (Å²) >= 11 is 1.69. The molecular formula is C12H14N2OS. The van der Waals surface area contributed by atoms with E-state index in [1.165, 1.54) is 4.90 Å². The fourth-order valence-electron chi connectivity index (χ4n) is 1.54. The molecule has 2 aromatic rings. The quantitative estimate of drug-likeness (QED) is 0.828. The molecule has 0 bridgehead atoms. The standard InChI is InChI=1S/C12H14N2OS/c1-14-8-7-11(13-14)12(15)9-3-5-10(16-2)6-4-9/h3-8,12,15H,1-2H3. The number of hydrogen-bond acceptors (Lipinski definition) is 3. The molecule has 0 aliphatic carbocycles. The monoisotopic (exact) mass is 234 g/mol. The smallest absolute Gasteiger partial charge is 0.123 e. The molecule has 0 aliphatic heterocycles. The molecule has 0 saturated carbocycles. The molecular weight excluding hydrogens is 220 g/mol. The molecule has 1 unspecified atom stereocenters. The number of aromatic nitrogens is 2. The molecule has 1 atom stereocenters. The van der Waals surface area contributed by atoms with E-state index < -0.39 is 6.10 Å². The maximum atomic E-state index is 10.1. The average Bonchev–Trinajstić information content (AvgIpc) is 2.75. The Morgan fingerprint density at radius 1 is 1.25 bits per heavy atom. The number of aliphatic hydroxyl groups excluding tert-OH is 1. The van der Waals surface area contributed by atoms with Crippen LogP contribution < -0.4 is 0 Å². The van der Waals surface area contributed by atoms with E-state index in [-0.39, 0.29) is 0 Å². The number of rotatable bonds is 3. The van der Waals surface area contributed by atoms with E-state index in [1.54, 1.807) is 16.4 Å². The van der Waals surface area contributed by atoms with Crippen molar-refractivity contribution < 1.29 is 5.11 Å². The Bertz CT molecular complexity index is 464. The summed E-state index contributed by atoms with van der Waals surface area (Å²) < 4.78 is 1.69. The molecule has 1 aromatic heterocycles. The lowest BCUT2D eigenvalue weighted by Crippen LogP contribution is -2.01. The van der Waals surface area contributed by atoms with Crippen molar-refractivity contribution in [3.05, 3.63) is 47.8 Å². The van der Waals surface area contributed by atoms with Gasteiger partial charge in [-0.05, 0) is 30.0 Å². The molecule has 1 N–H and O–H groups in total. The molecule has 16 heavy (non-hydrogen) atoms. The molecule has 4 heteroatoms. The fourth-order valence-corrected chi connectivity index (χ4v) is 1.94. The van der Waals surface area contributed by atoms with Crippen LogP contribution in [0, 0.1) is 0 Å². The molecule has 0 fully saturated rings. The minimum Gasteiger partial charge on any atom is -0.382 e. The predicted octanol–water partition coefficient (Wildman–Crippen LogP) is 2.22. The number of hydrogen-bond donors (Lipinski definition) is 1. The first-order valence-electron chi connectivity index (χ1n) is 5.02. The number of aliphatic hydroxyl groups is 1. The minimum atomic E-state index is -0.642. The third-order valence-electron chi connectivity index (χ3n) is 2.45. The fraction of sp³-hybridized carbons (Fsp3) is 0.250. The maximum Gasteiger partial charge on any atom is 0.123 e. The molecule has 0 radical (unpaired) electrons. The molecule has 1 aromatic carbocycles. The van der Waals surface area contributed by atoms with E-state index in [0.29, 0.717) is 5.69 Å². The largest absolute Gasteiger partial charge is 0.382 e. The van der Waals surface area contributed by atoms with Gasteiger partial charge in [-0.1, -0.05) is 12.1 Å². The summed E-state index contributed by atoms with van der Waals surface area (Å²) in [5.41, 5.74) is 1.55. The van der Waals surface area contributed by atoms with Crippen molar-refractivity contribution in [2.45, 2.75) is 11.0 Å². The Morgan fingerprint density at radius 2 is 1.94 bits per heavy atom. The Kier molecular flexibility index (Phi) is 3.31. The first-order valence-corrected chi connectivity index (χ1v) is 6.25.